The summed E-state index contributed by atoms with van der Waals surface area (Å²) in [5.74, 6) is 0.631. The summed E-state index contributed by atoms with van der Waals surface area (Å²) in [6.07, 6.45) is 3.67. The van der Waals surface area contributed by atoms with Crippen molar-refractivity contribution < 1.29 is 9.59 Å². The minimum absolute atomic E-state index is 0.0177. The van der Waals surface area contributed by atoms with Crippen LogP contribution in [-0.4, -0.2) is 36.0 Å². The van der Waals surface area contributed by atoms with E-state index in [-0.39, 0.29) is 11.9 Å². The molecule has 1 aliphatic carbocycles. The molecule has 1 aromatic rings. The van der Waals surface area contributed by atoms with Gasteiger partial charge < -0.3 is 15.5 Å². The number of carbonyl (C=O) groups is 2. The van der Waals surface area contributed by atoms with Crippen molar-refractivity contribution in [2.24, 2.45) is 5.92 Å². The second kappa shape index (κ2) is 6.16. The van der Waals surface area contributed by atoms with Crippen LogP contribution in [0.2, 0.25) is 0 Å². The maximum atomic E-state index is 12.6. The fourth-order valence-corrected chi connectivity index (χ4v) is 2.85. The van der Waals surface area contributed by atoms with Gasteiger partial charge in [-0.05, 0) is 24.3 Å². The molecule has 112 valence electrons. The van der Waals surface area contributed by atoms with Gasteiger partial charge in [-0.25, -0.2) is 4.79 Å². The van der Waals surface area contributed by atoms with Crippen molar-refractivity contribution in [1.82, 2.24) is 15.5 Å². The SMILES string of the molecule is O=C1NCC(C(=O)N(Cc2ccccc2)CC2CCC2)N1. The molecule has 1 aromatic carbocycles. The van der Waals surface area contributed by atoms with E-state index in [1.54, 1.807) is 0 Å². The summed E-state index contributed by atoms with van der Waals surface area (Å²) in [5, 5.41) is 5.34. The minimum Gasteiger partial charge on any atom is -0.336 e. The summed E-state index contributed by atoms with van der Waals surface area (Å²) in [5.41, 5.74) is 1.13. The summed E-state index contributed by atoms with van der Waals surface area (Å²) >= 11 is 0. The Labute approximate surface area is 124 Å². The third-order valence-electron chi connectivity index (χ3n) is 4.30. The van der Waals surface area contributed by atoms with Gasteiger partial charge in [0.25, 0.3) is 0 Å². The van der Waals surface area contributed by atoms with Gasteiger partial charge in [-0.15, -0.1) is 0 Å². The number of carbonyl (C=O) groups excluding carboxylic acids is 2. The molecule has 1 saturated carbocycles. The maximum Gasteiger partial charge on any atom is 0.315 e. The van der Waals surface area contributed by atoms with E-state index < -0.39 is 6.04 Å². The molecule has 2 fully saturated rings. The fraction of sp³-hybridized carbons (Fsp3) is 0.500. The van der Waals surface area contributed by atoms with E-state index in [1.807, 2.05) is 35.2 Å². The lowest BCUT2D eigenvalue weighted by Gasteiger charge is -2.33. The van der Waals surface area contributed by atoms with Gasteiger partial charge in [-0.1, -0.05) is 36.8 Å². The molecule has 3 amide bonds. The van der Waals surface area contributed by atoms with Gasteiger partial charge in [0.15, 0.2) is 0 Å². The largest absolute Gasteiger partial charge is 0.336 e. The Morgan fingerprint density at radius 3 is 2.57 bits per heavy atom. The molecule has 2 N–H and O–H groups in total. The third kappa shape index (κ3) is 3.35. The van der Waals surface area contributed by atoms with Crippen LogP contribution in [0.4, 0.5) is 4.79 Å². The van der Waals surface area contributed by atoms with Gasteiger partial charge in [0.05, 0.1) is 0 Å². The number of hydrogen-bond donors (Lipinski definition) is 2. The molecule has 1 aliphatic heterocycles. The van der Waals surface area contributed by atoms with Crippen LogP contribution in [0.5, 0.6) is 0 Å². The second-order valence-corrected chi connectivity index (χ2v) is 5.91. The molecule has 1 saturated heterocycles. The summed E-state index contributed by atoms with van der Waals surface area (Å²) in [6.45, 7) is 1.79. The predicted octanol–water partition coefficient (Wildman–Crippen LogP) is 1.50. The highest BCUT2D eigenvalue weighted by atomic mass is 16.2. The molecule has 0 spiro atoms. The van der Waals surface area contributed by atoms with Crippen LogP contribution in [0.1, 0.15) is 24.8 Å². The third-order valence-corrected chi connectivity index (χ3v) is 4.30. The molecule has 0 aromatic heterocycles. The van der Waals surface area contributed by atoms with Crippen molar-refractivity contribution in [2.45, 2.75) is 31.8 Å². The van der Waals surface area contributed by atoms with E-state index in [0.29, 0.717) is 19.0 Å². The molecule has 1 heterocycles. The second-order valence-electron chi connectivity index (χ2n) is 5.91. The van der Waals surface area contributed by atoms with Crippen molar-refractivity contribution in [2.75, 3.05) is 13.1 Å². The Morgan fingerprint density at radius 2 is 2.00 bits per heavy atom. The summed E-state index contributed by atoms with van der Waals surface area (Å²) in [7, 11) is 0. The summed E-state index contributed by atoms with van der Waals surface area (Å²) < 4.78 is 0. The average Bonchev–Trinajstić information content (AvgIpc) is 2.88. The Bertz CT molecular complexity index is 514. The Balaban J connectivity index is 1.68. The molecule has 2 aliphatic rings. The highest BCUT2D eigenvalue weighted by Crippen LogP contribution is 2.28. The van der Waals surface area contributed by atoms with Crippen LogP contribution in [-0.2, 0) is 11.3 Å². The Kier molecular flexibility index (Phi) is 4.08. The average molecular weight is 287 g/mol. The van der Waals surface area contributed by atoms with Crippen LogP contribution < -0.4 is 10.6 Å². The van der Waals surface area contributed by atoms with Gasteiger partial charge >= 0.3 is 6.03 Å². The Morgan fingerprint density at radius 1 is 1.24 bits per heavy atom. The fourth-order valence-electron chi connectivity index (χ4n) is 2.85. The molecule has 0 radical (unpaired) electrons. The van der Waals surface area contributed by atoms with E-state index in [4.69, 9.17) is 0 Å². The zero-order chi connectivity index (χ0) is 14.7. The van der Waals surface area contributed by atoms with Crippen LogP contribution in [0.25, 0.3) is 0 Å². The number of hydrogen-bond acceptors (Lipinski definition) is 2. The van der Waals surface area contributed by atoms with Crippen LogP contribution in [0.3, 0.4) is 0 Å². The number of nitrogens with zero attached hydrogens (tertiary/aromatic N) is 1. The van der Waals surface area contributed by atoms with Crippen LogP contribution >= 0.6 is 0 Å². The first-order valence-electron chi connectivity index (χ1n) is 7.59. The lowest BCUT2D eigenvalue weighted by molar-refractivity contribution is -0.134. The number of urea groups is 1. The molecule has 0 bridgehead atoms. The standard InChI is InChI=1S/C16H21N3O2/c20-15(14-9-17-16(21)18-14)19(11-13-7-4-8-13)10-12-5-2-1-3-6-12/h1-3,5-6,13-14H,4,7-11H2,(H2,17,18,21). The van der Waals surface area contributed by atoms with Crippen molar-refractivity contribution in [3.8, 4) is 0 Å². The minimum atomic E-state index is -0.429. The first-order chi connectivity index (χ1) is 10.2. The molecule has 5 heteroatoms. The zero-order valence-electron chi connectivity index (χ0n) is 12.0. The number of nitrogens with one attached hydrogen (secondary N) is 2. The molecule has 1 atom stereocenters. The highest BCUT2D eigenvalue weighted by Gasteiger charge is 2.32. The lowest BCUT2D eigenvalue weighted by Crippen LogP contribution is -2.47. The quantitative estimate of drug-likeness (QED) is 0.862. The van der Waals surface area contributed by atoms with Crippen molar-refractivity contribution in [1.29, 1.82) is 0 Å². The number of amides is 3. The van der Waals surface area contributed by atoms with E-state index in [9.17, 15) is 9.59 Å². The van der Waals surface area contributed by atoms with Gasteiger partial charge in [0.2, 0.25) is 5.91 Å². The highest BCUT2D eigenvalue weighted by molar-refractivity contribution is 5.90. The van der Waals surface area contributed by atoms with Crippen LogP contribution in [0.15, 0.2) is 30.3 Å². The number of rotatable bonds is 5. The summed E-state index contributed by atoms with van der Waals surface area (Å²) in [4.78, 5) is 25.8. The normalized spacial score (nSPS) is 21.3. The van der Waals surface area contributed by atoms with Gasteiger partial charge in [-0.2, -0.15) is 0 Å². The van der Waals surface area contributed by atoms with Crippen molar-refractivity contribution in [3.63, 3.8) is 0 Å². The van der Waals surface area contributed by atoms with E-state index >= 15 is 0 Å². The smallest absolute Gasteiger partial charge is 0.315 e. The van der Waals surface area contributed by atoms with E-state index in [0.717, 1.165) is 12.1 Å². The van der Waals surface area contributed by atoms with Crippen LogP contribution in [0, 0.1) is 5.92 Å². The molecular formula is C16H21N3O2. The molecule has 5 nitrogen and oxygen atoms in total. The zero-order valence-corrected chi connectivity index (χ0v) is 12.0. The van der Waals surface area contributed by atoms with E-state index in [2.05, 4.69) is 10.6 Å². The molecule has 1 unspecified atom stereocenters. The lowest BCUT2D eigenvalue weighted by atomic mass is 9.85. The van der Waals surface area contributed by atoms with Gasteiger partial charge in [-0.3, -0.25) is 4.79 Å². The topological polar surface area (TPSA) is 61.4 Å². The first kappa shape index (κ1) is 13.9. The molecule has 21 heavy (non-hydrogen) atoms. The van der Waals surface area contributed by atoms with Gasteiger partial charge in [0, 0.05) is 19.6 Å². The molecule has 3 rings (SSSR count). The predicted molar refractivity (Wildman–Crippen MR) is 79.5 cm³/mol. The van der Waals surface area contributed by atoms with E-state index in [1.165, 1.54) is 19.3 Å². The van der Waals surface area contributed by atoms with Crippen molar-refractivity contribution in [3.05, 3.63) is 35.9 Å². The summed E-state index contributed by atoms with van der Waals surface area (Å²) in [6, 6.07) is 9.33. The Hall–Kier alpha value is -2.04. The first-order valence-corrected chi connectivity index (χ1v) is 7.59. The van der Waals surface area contributed by atoms with Crippen molar-refractivity contribution >= 4 is 11.9 Å². The van der Waals surface area contributed by atoms with Gasteiger partial charge in [0.1, 0.15) is 6.04 Å². The maximum absolute atomic E-state index is 12.6. The number of benzene rings is 1. The molecular weight excluding hydrogens is 266 g/mol. The monoisotopic (exact) mass is 287 g/mol.